The van der Waals surface area contributed by atoms with Gasteiger partial charge < -0.3 is 15.7 Å². The molecule has 0 atom stereocenters. The van der Waals surface area contributed by atoms with Crippen molar-refractivity contribution in [3.8, 4) is 5.75 Å². The Hall–Kier alpha value is -3.52. The minimum atomic E-state index is -3.53. The molecule has 0 aromatic heterocycles. The predicted molar refractivity (Wildman–Crippen MR) is 113 cm³/mol. The third kappa shape index (κ3) is 6.54. The topological polar surface area (TPSA) is 108 Å². The molecule has 0 fully saturated rings. The molecule has 0 aliphatic carbocycles. The van der Waals surface area contributed by atoms with Crippen molar-refractivity contribution in [1.82, 2.24) is 5.32 Å². The number of urea groups is 1. The lowest BCUT2D eigenvalue weighted by atomic mass is 10.2. The van der Waals surface area contributed by atoms with E-state index in [1.165, 1.54) is 0 Å². The van der Waals surface area contributed by atoms with E-state index in [1.807, 2.05) is 6.07 Å². The molecule has 0 radical (unpaired) electrons. The lowest BCUT2D eigenvalue weighted by Crippen LogP contribution is -2.28. The number of phenols is 1. The first-order valence-electron chi connectivity index (χ1n) is 8.87. The Bertz CT molecular complexity index is 1050. The first-order chi connectivity index (χ1) is 13.9. The smallest absolute Gasteiger partial charge is 0.319 e. The number of hydrogen-bond donors (Lipinski definition) is 4. The van der Waals surface area contributed by atoms with Crippen LogP contribution in [-0.4, -0.2) is 19.6 Å². The first kappa shape index (κ1) is 20.2. The van der Waals surface area contributed by atoms with Gasteiger partial charge in [-0.15, -0.1) is 0 Å². The summed E-state index contributed by atoms with van der Waals surface area (Å²) < 4.78 is 27.1. The Kier molecular flexibility index (Phi) is 6.36. The number of nitrogens with one attached hydrogen (secondary N) is 3. The SMILES string of the molecule is O=C(NCc1ccc(O)cc1)Nc1ccc(NS(=O)(=O)Cc2ccccc2)cc1. The highest BCUT2D eigenvalue weighted by molar-refractivity contribution is 7.91. The Labute approximate surface area is 169 Å². The maximum atomic E-state index is 12.3. The second kappa shape index (κ2) is 9.11. The molecule has 0 saturated heterocycles. The van der Waals surface area contributed by atoms with Gasteiger partial charge in [-0.1, -0.05) is 42.5 Å². The number of hydrogen-bond acceptors (Lipinski definition) is 4. The van der Waals surface area contributed by atoms with Gasteiger partial charge in [0.05, 0.1) is 5.75 Å². The number of anilines is 2. The van der Waals surface area contributed by atoms with E-state index in [0.29, 0.717) is 23.5 Å². The van der Waals surface area contributed by atoms with E-state index in [1.54, 1.807) is 72.8 Å². The van der Waals surface area contributed by atoms with Gasteiger partial charge in [0.15, 0.2) is 0 Å². The van der Waals surface area contributed by atoms with Gasteiger partial charge in [-0.2, -0.15) is 0 Å². The van der Waals surface area contributed by atoms with Crippen molar-refractivity contribution in [2.75, 3.05) is 10.0 Å². The number of benzene rings is 3. The monoisotopic (exact) mass is 411 g/mol. The Morgan fingerprint density at radius 2 is 1.41 bits per heavy atom. The normalized spacial score (nSPS) is 10.9. The number of amides is 2. The maximum absolute atomic E-state index is 12.3. The molecule has 3 aromatic carbocycles. The van der Waals surface area contributed by atoms with E-state index in [0.717, 1.165) is 5.56 Å². The van der Waals surface area contributed by atoms with Crippen molar-refractivity contribution in [2.24, 2.45) is 0 Å². The molecule has 7 nitrogen and oxygen atoms in total. The van der Waals surface area contributed by atoms with Crippen molar-refractivity contribution in [3.05, 3.63) is 90.0 Å². The molecule has 0 unspecified atom stereocenters. The van der Waals surface area contributed by atoms with Crippen LogP contribution in [0.5, 0.6) is 5.75 Å². The number of aromatic hydroxyl groups is 1. The van der Waals surface area contributed by atoms with E-state index < -0.39 is 16.1 Å². The highest BCUT2D eigenvalue weighted by atomic mass is 32.2. The van der Waals surface area contributed by atoms with Crippen LogP contribution in [0.3, 0.4) is 0 Å². The summed E-state index contributed by atoms with van der Waals surface area (Å²) in [5.41, 5.74) is 2.49. The summed E-state index contributed by atoms with van der Waals surface area (Å²) in [7, 11) is -3.53. The fraction of sp³-hybridized carbons (Fsp3) is 0.0952. The molecule has 29 heavy (non-hydrogen) atoms. The Balaban J connectivity index is 1.51. The molecule has 0 aliphatic rings. The van der Waals surface area contributed by atoms with Gasteiger partial charge in [0.2, 0.25) is 10.0 Å². The maximum Gasteiger partial charge on any atom is 0.319 e. The zero-order chi connectivity index (χ0) is 20.7. The molecule has 3 aromatic rings. The molecule has 0 saturated carbocycles. The van der Waals surface area contributed by atoms with Gasteiger partial charge in [0, 0.05) is 17.9 Å². The summed E-state index contributed by atoms with van der Waals surface area (Å²) in [6, 6.07) is 21.4. The Morgan fingerprint density at radius 3 is 2.07 bits per heavy atom. The van der Waals surface area contributed by atoms with Crippen molar-refractivity contribution < 1.29 is 18.3 Å². The van der Waals surface area contributed by atoms with E-state index in [9.17, 15) is 18.3 Å². The van der Waals surface area contributed by atoms with Gasteiger partial charge >= 0.3 is 6.03 Å². The van der Waals surface area contributed by atoms with Gasteiger partial charge in [-0.3, -0.25) is 4.72 Å². The summed E-state index contributed by atoms with van der Waals surface area (Å²) in [5, 5.41) is 14.6. The van der Waals surface area contributed by atoms with Crippen molar-refractivity contribution in [2.45, 2.75) is 12.3 Å². The average molecular weight is 411 g/mol. The van der Waals surface area contributed by atoms with E-state index in [4.69, 9.17) is 0 Å². The van der Waals surface area contributed by atoms with Crippen LogP contribution < -0.4 is 15.4 Å². The molecular formula is C21H21N3O4S. The van der Waals surface area contributed by atoms with Gasteiger partial charge in [-0.05, 0) is 47.5 Å². The molecule has 0 spiro atoms. The average Bonchev–Trinajstić information content (AvgIpc) is 2.69. The van der Waals surface area contributed by atoms with Crippen molar-refractivity contribution in [1.29, 1.82) is 0 Å². The molecule has 4 N–H and O–H groups in total. The minimum Gasteiger partial charge on any atom is -0.508 e. The summed E-state index contributed by atoms with van der Waals surface area (Å²) in [5.74, 6) is 0.0470. The highest BCUT2D eigenvalue weighted by Crippen LogP contribution is 2.16. The zero-order valence-corrected chi connectivity index (χ0v) is 16.3. The van der Waals surface area contributed by atoms with Gasteiger partial charge in [-0.25, -0.2) is 13.2 Å². The summed E-state index contributed by atoms with van der Waals surface area (Å²) in [6.45, 7) is 0.309. The molecule has 150 valence electrons. The molecule has 2 amide bonds. The van der Waals surface area contributed by atoms with Crippen LogP contribution in [0.2, 0.25) is 0 Å². The van der Waals surface area contributed by atoms with Crippen LogP contribution >= 0.6 is 0 Å². The molecular weight excluding hydrogens is 390 g/mol. The Morgan fingerprint density at radius 1 is 0.793 bits per heavy atom. The fourth-order valence-corrected chi connectivity index (χ4v) is 3.80. The highest BCUT2D eigenvalue weighted by Gasteiger charge is 2.11. The minimum absolute atomic E-state index is 0.118. The molecule has 0 bridgehead atoms. The van der Waals surface area contributed by atoms with Gasteiger partial charge in [0.1, 0.15) is 5.75 Å². The van der Waals surface area contributed by atoms with Crippen LogP contribution in [0, 0.1) is 0 Å². The van der Waals surface area contributed by atoms with Crippen LogP contribution in [-0.2, 0) is 22.3 Å². The number of carbonyl (C=O) groups excluding carboxylic acids is 1. The lowest BCUT2D eigenvalue weighted by Gasteiger charge is -2.10. The molecule has 0 heterocycles. The number of sulfonamides is 1. The third-order valence-corrected chi connectivity index (χ3v) is 5.27. The van der Waals surface area contributed by atoms with E-state index >= 15 is 0 Å². The van der Waals surface area contributed by atoms with Crippen molar-refractivity contribution >= 4 is 27.4 Å². The number of rotatable bonds is 7. The first-order valence-corrected chi connectivity index (χ1v) is 10.5. The summed E-state index contributed by atoms with van der Waals surface area (Å²) in [6.07, 6.45) is 0. The van der Waals surface area contributed by atoms with Crippen LogP contribution in [0.1, 0.15) is 11.1 Å². The lowest BCUT2D eigenvalue weighted by molar-refractivity contribution is 0.251. The second-order valence-electron chi connectivity index (χ2n) is 6.40. The summed E-state index contributed by atoms with van der Waals surface area (Å²) >= 11 is 0. The van der Waals surface area contributed by atoms with E-state index in [2.05, 4.69) is 15.4 Å². The zero-order valence-electron chi connectivity index (χ0n) is 15.5. The predicted octanol–water partition coefficient (Wildman–Crippen LogP) is 3.66. The van der Waals surface area contributed by atoms with Crippen LogP contribution in [0.4, 0.5) is 16.2 Å². The van der Waals surface area contributed by atoms with Crippen LogP contribution in [0.25, 0.3) is 0 Å². The molecule has 0 aliphatic heterocycles. The van der Waals surface area contributed by atoms with E-state index in [-0.39, 0.29) is 11.5 Å². The molecule has 3 rings (SSSR count). The van der Waals surface area contributed by atoms with Crippen LogP contribution in [0.15, 0.2) is 78.9 Å². The summed E-state index contributed by atoms with van der Waals surface area (Å²) in [4.78, 5) is 12.0. The quantitative estimate of drug-likeness (QED) is 0.476. The number of carbonyl (C=O) groups is 1. The fourth-order valence-electron chi connectivity index (χ4n) is 2.60. The standard InChI is InChI=1S/C21H21N3O4S/c25-20-12-6-16(7-13-20)14-22-21(26)23-18-8-10-19(11-9-18)24-29(27,28)15-17-4-2-1-3-5-17/h1-13,24-25H,14-15H2,(H2,22,23,26). The third-order valence-electron chi connectivity index (χ3n) is 4.01. The van der Waals surface area contributed by atoms with Crippen molar-refractivity contribution in [3.63, 3.8) is 0 Å². The largest absolute Gasteiger partial charge is 0.508 e. The second-order valence-corrected chi connectivity index (χ2v) is 8.12. The van der Waals surface area contributed by atoms with Gasteiger partial charge in [0.25, 0.3) is 0 Å². The number of phenolic OH excluding ortho intramolecular Hbond substituents is 1. The molecule has 8 heteroatoms.